The molecule has 3 aromatic heterocycles. The number of carbonyl (C=O) groups excluding carboxylic acids is 2. The number of para-hydroxylation sites is 1. The molecule has 0 spiro atoms. The van der Waals surface area contributed by atoms with Gasteiger partial charge in [0.25, 0.3) is 11.5 Å². The predicted octanol–water partition coefficient (Wildman–Crippen LogP) is 4.69. The summed E-state index contributed by atoms with van der Waals surface area (Å²) in [6.07, 6.45) is 8.95. The molecule has 1 fully saturated rings. The molecule has 5 aromatic rings. The second-order valence-electron chi connectivity index (χ2n) is 10.3. The molecule has 9 heteroatoms. The van der Waals surface area contributed by atoms with Crippen molar-refractivity contribution >= 4 is 33.7 Å². The van der Waals surface area contributed by atoms with Gasteiger partial charge in [-0.15, -0.1) is 0 Å². The average Bonchev–Trinajstić information content (AvgIpc) is 3.55. The number of H-pyrrole nitrogens is 1. The number of pyridine rings is 1. The number of carbonyl (C=O) groups is 2. The molecule has 0 saturated heterocycles. The van der Waals surface area contributed by atoms with Crippen LogP contribution >= 0.6 is 0 Å². The Bertz CT molecular complexity index is 1740. The number of hydrogen-bond acceptors (Lipinski definition) is 5. The van der Waals surface area contributed by atoms with Gasteiger partial charge in [0.1, 0.15) is 6.04 Å². The summed E-state index contributed by atoms with van der Waals surface area (Å²) >= 11 is 0. The molecule has 2 aromatic carbocycles. The number of hydrogen-bond donors (Lipinski definition) is 2. The van der Waals surface area contributed by atoms with E-state index in [1.807, 2.05) is 58.0 Å². The average molecular weight is 538 g/mol. The zero-order chi connectivity index (χ0) is 27.6. The molecule has 1 aliphatic carbocycles. The Labute approximate surface area is 230 Å². The smallest absolute Gasteiger partial charge is 0.328 e. The monoisotopic (exact) mass is 537 g/mol. The zero-order valence-corrected chi connectivity index (χ0v) is 22.3. The summed E-state index contributed by atoms with van der Waals surface area (Å²) in [6, 6.07) is 17.6. The topological polar surface area (TPSA) is 111 Å². The van der Waals surface area contributed by atoms with Crippen LogP contribution in [0.15, 0.2) is 77.9 Å². The number of amides is 1. The molecule has 0 unspecified atom stereocenters. The summed E-state index contributed by atoms with van der Waals surface area (Å²) in [4.78, 5) is 47.6. The van der Waals surface area contributed by atoms with Crippen molar-refractivity contribution in [3.8, 4) is 5.82 Å². The van der Waals surface area contributed by atoms with Gasteiger partial charge in [0.05, 0.1) is 24.1 Å². The molecule has 1 amide bonds. The number of aromatic nitrogens is 4. The van der Waals surface area contributed by atoms with E-state index in [2.05, 4.69) is 15.3 Å². The van der Waals surface area contributed by atoms with E-state index in [-0.39, 0.29) is 18.0 Å². The lowest BCUT2D eigenvalue weighted by Crippen LogP contribution is -2.43. The maximum atomic E-state index is 13.8. The van der Waals surface area contributed by atoms with Gasteiger partial charge in [-0.25, -0.2) is 19.1 Å². The van der Waals surface area contributed by atoms with Crippen LogP contribution in [0.2, 0.25) is 0 Å². The van der Waals surface area contributed by atoms with E-state index in [1.54, 1.807) is 24.4 Å². The molecular weight excluding hydrogens is 506 g/mol. The van der Waals surface area contributed by atoms with E-state index in [4.69, 9.17) is 4.74 Å². The molecule has 1 aliphatic rings. The number of methoxy groups -OCH3 is 1. The Morgan fingerprint density at radius 1 is 1.05 bits per heavy atom. The van der Waals surface area contributed by atoms with Crippen LogP contribution in [0.3, 0.4) is 0 Å². The van der Waals surface area contributed by atoms with E-state index >= 15 is 0 Å². The van der Waals surface area contributed by atoms with Crippen LogP contribution in [0.25, 0.3) is 27.6 Å². The SMILES string of the molecule is COC(=O)[C@H](Cc1c[nH]c2ccccc12)NC(=O)c1ccc2c(c1)c(=O)n(C1CCCCC1)n2-c1ccccn1. The number of nitrogens with one attached hydrogen (secondary N) is 2. The van der Waals surface area contributed by atoms with Gasteiger partial charge in [0.15, 0.2) is 5.82 Å². The van der Waals surface area contributed by atoms with Crippen LogP contribution in [0.4, 0.5) is 0 Å². The van der Waals surface area contributed by atoms with Crippen molar-refractivity contribution in [3.63, 3.8) is 0 Å². The number of benzene rings is 2. The van der Waals surface area contributed by atoms with Gasteiger partial charge < -0.3 is 15.0 Å². The fourth-order valence-electron chi connectivity index (χ4n) is 5.83. The Hall–Kier alpha value is -4.66. The third-order valence-corrected chi connectivity index (χ3v) is 7.82. The largest absolute Gasteiger partial charge is 0.467 e. The normalized spacial score (nSPS) is 14.8. The third-order valence-electron chi connectivity index (χ3n) is 7.82. The number of ether oxygens (including phenoxy) is 1. The summed E-state index contributed by atoms with van der Waals surface area (Å²) in [6.45, 7) is 0. The second kappa shape index (κ2) is 10.8. The van der Waals surface area contributed by atoms with Gasteiger partial charge in [-0.2, -0.15) is 0 Å². The zero-order valence-electron chi connectivity index (χ0n) is 22.3. The van der Waals surface area contributed by atoms with E-state index in [0.29, 0.717) is 22.3 Å². The molecule has 3 heterocycles. The molecule has 2 N–H and O–H groups in total. The van der Waals surface area contributed by atoms with Gasteiger partial charge >= 0.3 is 5.97 Å². The first-order chi connectivity index (χ1) is 19.5. The Kier molecular flexibility index (Phi) is 6.94. The molecular formula is C31H31N5O4. The summed E-state index contributed by atoms with van der Waals surface area (Å²) in [7, 11) is 1.30. The predicted molar refractivity (Wildman–Crippen MR) is 153 cm³/mol. The highest BCUT2D eigenvalue weighted by atomic mass is 16.5. The molecule has 0 bridgehead atoms. The van der Waals surface area contributed by atoms with Crippen LogP contribution < -0.4 is 10.9 Å². The van der Waals surface area contributed by atoms with Crippen LogP contribution in [0, 0.1) is 0 Å². The maximum Gasteiger partial charge on any atom is 0.328 e. The molecule has 0 radical (unpaired) electrons. The number of fused-ring (bicyclic) bond motifs is 2. The standard InChI is InChI=1S/C31H31N5O4/c1-40-31(39)26(18-21-19-33-25-12-6-5-11-23(21)25)34-29(37)20-14-15-27-24(17-20)30(38)35(22-9-3-2-4-10-22)36(27)28-13-7-8-16-32-28/h5-8,11-17,19,22,26,33H,2-4,9-10,18H2,1H3,(H,34,37)/t26-/m0/s1. The minimum Gasteiger partial charge on any atom is -0.467 e. The molecule has 40 heavy (non-hydrogen) atoms. The van der Waals surface area contributed by atoms with Crippen molar-refractivity contribution in [1.29, 1.82) is 0 Å². The number of rotatable bonds is 7. The lowest BCUT2D eigenvalue weighted by Gasteiger charge is -2.25. The van der Waals surface area contributed by atoms with E-state index in [1.165, 1.54) is 13.5 Å². The molecule has 1 atom stereocenters. The summed E-state index contributed by atoms with van der Waals surface area (Å²) < 4.78 is 8.69. The lowest BCUT2D eigenvalue weighted by atomic mass is 9.96. The number of esters is 1. The quantitative estimate of drug-likeness (QED) is 0.293. The Morgan fingerprint density at radius 2 is 1.85 bits per heavy atom. The second-order valence-corrected chi connectivity index (χ2v) is 10.3. The van der Waals surface area contributed by atoms with E-state index in [9.17, 15) is 14.4 Å². The van der Waals surface area contributed by atoms with Crippen LogP contribution in [-0.4, -0.2) is 44.4 Å². The van der Waals surface area contributed by atoms with E-state index in [0.717, 1.165) is 42.1 Å². The first-order valence-electron chi connectivity index (χ1n) is 13.7. The van der Waals surface area contributed by atoms with Crippen molar-refractivity contribution < 1.29 is 14.3 Å². The van der Waals surface area contributed by atoms with Gasteiger partial charge in [-0.1, -0.05) is 43.5 Å². The molecule has 9 nitrogen and oxygen atoms in total. The number of aromatic amines is 1. The van der Waals surface area contributed by atoms with Gasteiger partial charge in [-0.05, 0) is 54.8 Å². The fraction of sp³-hybridized carbons (Fsp3) is 0.290. The first-order valence-corrected chi connectivity index (χ1v) is 13.7. The van der Waals surface area contributed by atoms with Crippen molar-refractivity contribution in [3.05, 3.63) is 94.5 Å². The fourth-order valence-corrected chi connectivity index (χ4v) is 5.83. The third kappa shape index (κ3) is 4.68. The van der Waals surface area contributed by atoms with Crippen molar-refractivity contribution in [2.24, 2.45) is 0 Å². The first kappa shape index (κ1) is 25.6. The molecule has 204 valence electrons. The van der Waals surface area contributed by atoms with Gasteiger partial charge in [-0.3, -0.25) is 9.59 Å². The highest BCUT2D eigenvalue weighted by molar-refractivity contribution is 6.00. The summed E-state index contributed by atoms with van der Waals surface area (Å²) in [5.74, 6) is -0.339. The Morgan fingerprint density at radius 3 is 2.62 bits per heavy atom. The highest BCUT2D eigenvalue weighted by Crippen LogP contribution is 2.30. The minimum absolute atomic E-state index is 0.0628. The Balaban J connectivity index is 1.35. The van der Waals surface area contributed by atoms with Crippen LogP contribution in [-0.2, 0) is 16.0 Å². The summed E-state index contributed by atoms with van der Waals surface area (Å²) in [5.41, 5.74) is 2.68. The van der Waals surface area contributed by atoms with E-state index < -0.39 is 17.9 Å². The van der Waals surface area contributed by atoms with Crippen molar-refractivity contribution in [2.75, 3.05) is 7.11 Å². The van der Waals surface area contributed by atoms with Crippen molar-refractivity contribution in [1.82, 2.24) is 24.6 Å². The number of nitrogens with zero attached hydrogens (tertiary/aromatic N) is 3. The molecule has 6 rings (SSSR count). The van der Waals surface area contributed by atoms with Gasteiger partial charge in [0, 0.05) is 35.3 Å². The maximum absolute atomic E-state index is 13.8. The summed E-state index contributed by atoms with van der Waals surface area (Å²) in [5, 5.41) is 4.25. The van der Waals surface area contributed by atoms with Crippen molar-refractivity contribution in [2.45, 2.75) is 50.6 Å². The minimum atomic E-state index is -0.899. The van der Waals surface area contributed by atoms with Crippen LogP contribution in [0.1, 0.15) is 54.1 Å². The molecule has 1 saturated carbocycles. The van der Waals surface area contributed by atoms with Gasteiger partial charge in [0.2, 0.25) is 0 Å². The highest BCUT2D eigenvalue weighted by Gasteiger charge is 2.27. The lowest BCUT2D eigenvalue weighted by molar-refractivity contribution is -0.142. The molecule has 0 aliphatic heterocycles. The van der Waals surface area contributed by atoms with Crippen LogP contribution in [0.5, 0.6) is 0 Å².